The predicted molar refractivity (Wildman–Crippen MR) is 98.7 cm³/mol. The quantitative estimate of drug-likeness (QED) is 0.721. The van der Waals surface area contributed by atoms with Crippen molar-refractivity contribution in [3.63, 3.8) is 0 Å². The van der Waals surface area contributed by atoms with Gasteiger partial charge in [0.25, 0.3) is 0 Å². The molecule has 0 bridgehead atoms. The molecule has 1 aliphatic rings. The van der Waals surface area contributed by atoms with Crippen LogP contribution >= 0.6 is 0 Å². The van der Waals surface area contributed by atoms with E-state index in [1.54, 1.807) is 30.7 Å². The van der Waals surface area contributed by atoms with Crippen LogP contribution in [-0.4, -0.2) is 38.3 Å². The maximum Gasteiger partial charge on any atom is 0.165 e. The van der Waals surface area contributed by atoms with Gasteiger partial charge < -0.3 is 10.1 Å². The standard InChI is InChI=1S/C19H21FN6O/c1-27-18-3-2-14(8-17(18)20)12-25-6-7-26-16(13-25)9-15(24-26)10-23-19-11-21-4-5-22-19/h2-5,8-9,11H,6-7,10,12-13H2,1H3,(H,22,23). The lowest BCUT2D eigenvalue weighted by Gasteiger charge is -2.27. The van der Waals surface area contributed by atoms with Crippen LogP contribution in [0, 0.1) is 5.82 Å². The Morgan fingerprint density at radius 3 is 2.93 bits per heavy atom. The second kappa shape index (κ2) is 7.71. The Labute approximate surface area is 156 Å². The average molecular weight is 368 g/mol. The average Bonchev–Trinajstić information content (AvgIpc) is 3.10. The van der Waals surface area contributed by atoms with E-state index in [2.05, 4.69) is 31.3 Å². The van der Waals surface area contributed by atoms with Crippen LogP contribution in [0.15, 0.2) is 42.9 Å². The summed E-state index contributed by atoms with van der Waals surface area (Å²) < 4.78 is 20.9. The highest BCUT2D eigenvalue weighted by Crippen LogP contribution is 2.21. The van der Waals surface area contributed by atoms with Crippen molar-refractivity contribution in [3.05, 3.63) is 65.6 Å². The molecule has 27 heavy (non-hydrogen) atoms. The van der Waals surface area contributed by atoms with Gasteiger partial charge in [0, 0.05) is 32.0 Å². The summed E-state index contributed by atoms with van der Waals surface area (Å²) in [6.45, 7) is 3.77. The number of nitrogens with one attached hydrogen (secondary N) is 1. The Hall–Kier alpha value is -3.00. The molecule has 0 fully saturated rings. The third-order valence-corrected chi connectivity index (χ3v) is 4.56. The van der Waals surface area contributed by atoms with Crippen molar-refractivity contribution < 1.29 is 9.13 Å². The molecule has 0 unspecified atom stereocenters. The first-order valence-corrected chi connectivity index (χ1v) is 8.81. The predicted octanol–water partition coefficient (Wildman–Crippen LogP) is 2.45. The van der Waals surface area contributed by atoms with Gasteiger partial charge in [-0.25, -0.2) is 9.37 Å². The van der Waals surface area contributed by atoms with Crippen LogP contribution in [0.4, 0.5) is 10.2 Å². The summed E-state index contributed by atoms with van der Waals surface area (Å²) in [4.78, 5) is 10.5. The van der Waals surface area contributed by atoms with Crippen LogP contribution < -0.4 is 10.1 Å². The number of ether oxygens (including phenoxy) is 1. The summed E-state index contributed by atoms with van der Waals surface area (Å²) in [5.41, 5.74) is 3.06. The minimum absolute atomic E-state index is 0.274. The molecule has 0 spiro atoms. The zero-order valence-corrected chi connectivity index (χ0v) is 15.1. The second-order valence-corrected chi connectivity index (χ2v) is 6.47. The maximum absolute atomic E-state index is 13.9. The summed E-state index contributed by atoms with van der Waals surface area (Å²) in [6, 6.07) is 7.23. The van der Waals surface area contributed by atoms with Crippen LogP contribution in [0.25, 0.3) is 0 Å². The van der Waals surface area contributed by atoms with E-state index in [4.69, 9.17) is 4.74 Å². The lowest BCUT2D eigenvalue weighted by molar-refractivity contribution is 0.205. The number of fused-ring (bicyclic) bond motifs is 1. The molecule has 0 amide bonds. The van der Waals surface area contributed by atoms with Crippen LogP contribution in [0.2, 0.25) is 0 Å². The SMILES string of the molecule is COc1ccc(CN2CCn3nc(CNc4cnccn4)cc3C2)cc1F. The van der Waals surface area contributed by atoms with E-state index in [1.165, 1.54) is 7.11 Å². The largest absolute Gasteiger partial charge is 0.494 e. The lowest BCUT2D eigenvalue weighted by Crippen LogP contribution is -2.33. The topological polar surface area (TPSA) is 68.1 Å². The van der Waals surface area contributed by atoms with Crippen LogP contribution in [-0.2, 0) is 26.2 Å². The normalized spacial score (nSPS) is 14.0. The molecule has 8 heteroatoms. The molecule has 0 saturated heterocycles. The Bertz CT molecular complexity index is 914. The Balaban J connectivity index is 1.38. The molecule has 0 aliphatic carbocycles. The fraction of sp³-hybridized carbons (Fsp3) is 0.316. The van der Waals surface area contributed by atoms with Crippen molar-refractivity contribution in [1.82, 2.24) is 24.6 Å². The highest BCUT2D eigenvalue weighted by Gasteiger charge is 2.19. The Morgan fingerprint density at radius 2 is 2.15 bits per heavy atom. The van der Waals surface area contributed by atoms with Crippen molar-refractivity contribution in [1.29, 1.82) is 0 Å². The molecule has 7 nitrogen and oxygen atoms in total. The molecule has 140 valence electrons. The zero-order valence-electron chi connectivity index (χ0n) is 15.1. The smallest absolute Gasteiger partial charge is 0.165 e. The number of benzene rings is 1. The minimum atomic E-state index is -0.325. The van der Waals surface area contributed by atoms with E-state index in [0.717, 1.165) is 42.4 Å². The van der Waals surface area contributed by atoms with E-state index in [1.807, 2.05) is 10.7 Å². The van der Waals surface area contributed by atoms with E-state index in [0.29, 0.717) is 13.1 Å². The molecule has 1 aliphatic heterocycles. The third-order valence-electron chi connectivity index (χ3n) is 4.56. The number of hydrogen-bond acceptors (Lipinski definition) is 6. The molecule has 0 atom stereocenters. The number of rotatable bonds is 6. The van der Waals surface area contributed by atoms with Gasteiger partial charge in [0.1, 0.15) is 5.82 Å². The molecule has 0 radical (unpaired) electrons. The van der Waals surface area contributed by atoms with E-state index < -0.39 is 0 Å². The summed E-state index contributed by atoms with van der Waals surface area (Å²) in [5.74, 6) is 0.678. The van der Waals surface area contributed by atoms with Gasteiger partial charge in [-0.3, -0.25) is 14.6 Å². The van der Waals surface area contributed by atoms with Crippen LogP contribution in [0.5, 0.6) is 5.75 Å². The number of hydrogen-bond donors (Lipinski definition) is 1. The third kappa shape index (κ3) is 4.06. The van der Waals surface area contributed by atoms with Gasteiger partial charge in [-0.2, -0.15) is 5.10 Å². The molecule has 1 N–H and O–H groups in total. The monoisotopic (exact) mass is 368 g/mol. The zero-order chi connectivity index (χ0) is 18.6. The summed E-state index contributed by atoms with van der Waals surface area (Å²) in [6.07, 6.45) is 4.98. The molecule has 0 saturated carbocycles. The summed E-state index contributed by atoms with van der Waals surface area (Å²) >= 11 is 0. The molecule has 3 aromatic rings. The van der Waals surface area contributed by atoms with Gasteiger partial charge in [-0.05, 0) is 23.8 Å². The van der Waals surface area contributed by atoms with Gasteiger partial charge in [0.15, 0.2) is 11.6 Å². The fourth-order valence-corrected chi connectivity index (χ4v) is 3.24. The van der Waals surface area contributed by atoms with E-state index in [9.17, 15) is 4.39 Å². The van der Waals surface area contributed by atoms with Gasteiger partial charge in [0.05, 0.1) is 37.8 Å². The van der Waals surface area contributed by atoms with Crippen LogP contribution in [0.1, 0.15) is 17.0 Å². The van der Waals surface area contributed by atoms with Crippen molar-refractivity contribution >= 4 is 5.82 Å². The van der Waals surface area contributed by atoms with Crippen molar-refractivity contribution in [3.8, 4) is 5.75 Å². The summed E-state index contributed by atoms with van der Waals surface area (Å²) in [5, 5.41) is 7.87. The molecule has 3 heterocycles. The van der Waals surface area contributed by atoms with Gasteiger partial charge >= 0.3 is 0 Å². The molecule has 2 aromatic heterocycles. The van der Waals surface area contributed by atoms with Crippen molar-refractivity contribution in [2.75, 3.05) is 19.0 Å². The maximum atomic E-state index is 13.9. The van der Waals surface area contributed by atoms with Crippen molar-refractivity contribution in [2.24, 2.45) is 0 Å². The number of anilines is 1. The molecule has 4 rings (SSSR count). The van der Waals surface area contributed by atoms with E-state index >= 15 is 0 Å². The lowest BCUT2D eigenvalue weighted by atomic mass is 10.1. The first kappa shape index (κ1) is 17.4. The first-order valence-electron chi connectivity index (χ1n) is 8.81. The molecular formula is C19H21FN6O. The van der Waals surface area contributed by atoms with Crippen LogP contribution in [0.3, 0.4) is 0 Å². The highest BCUT2D eigenvalue weighted by molar-refractivity contribution is 5.31. The fourth-order valence-electron chi connectivity index (χ4n) is 3.24. The second-order valence-electron chi connectivity index (χ2n) is 6.47. The highest BCUT2D eigenvalue weighted by atomic mass is 19.1. The summed E-state index contributed by atoms with van der Waals surface area (Å²) in [7, 11) is 1.47. The minimum Gasteiger partial charge on any atom is -0.494 e. The Kier molecular flexibility index (Phi) is 4.97. The van der Waals surface area contributed by atoms with Gasteiger partial charge in [0.2, 0.25) is 0 Å². The van der Waals surface area contributed by atoms with E-state index in [-0.39, 0.29) is 11.6 Å². The Morgan fingerprint density at radius 1 is 1.22 bits per heavy atom. The van der Waals surface area contributed by atoms with Gasteiger partial charge in [-0.15, -0.1) is 0 Å². The van der Waals surface area contributed by atoms with Crippen molar-refractivity contribution in [2.45, 2.75) is 26.2 Å². The first-order chi connectivity index (χ1) is 13.2. The number of methoxy groups -OCH3 is 1. The molecular weight excluding hydrogens is 347 g/mol. The number of halogens is 1. The number of nitrogens with zero attached hydrogens (tertiary/aromatic N) is 5. The molecule has 1 aromatic carbocycles. The van der Waals surface area contributed by atoms with Gasteiger partial charge in [-0.1, -0.05) is 6.07 Å². The number of aromatic nitrogens is 4.